The van der Waals surface area contributed by atoms with Gasteiger partial charge in [-0.3, -0.25) is 0 Å². The maximum Gasteiger partial charge on any atom is 0.219 e. The minimum atomic E-state index is -0.460. The maximum absolute atomic E-state index is 10.0. The Morgan fingerprint density at radius 3 is 3.16 bits per heavy atom. The molecule has 0 bridgehead atoms. The highest BCUT2D eigenvalue weighted by molar-refractivity contribution is 5.40. The molecule has 1 atom stereocenters. The lowest BCUT2D eigenvalue weighted by Gasteiger charge is -2.12. The molecule has 0 radical (unpaired) electrons. The minimum Gasteiger partial charge on any atom is -0.502 e. The van der Waals surface area contributed by atoms with Gasteiger partial charge in [-0.1, -0.05) is 24.3 Å². The monoisotopic (exact) mass is 262 g/mol. The van der Waals surface area contributed by atoms with E-state index in [1.54, 1.807) is 0 Å². The van der Waals surface area contributed by atoms with Gasteiger partial charge in [-0.2, -0.15) is 0 Å². The Hall–Kier alpha value is -1.65. The zero-order valence-corrected chi connectivity index (χ0v) is 11.3. The van der Waals surface area contributed by atoms with Crippen molar-refractivity contribution in [2.75, 3.05) is 6.61 Å². The Labute approximate surface area is 113 Å². The lowest BCUT2D eigenvalue weighted by molar-refractivity contribution is -0.389. The molecule has 0 saturated carbocycles. The number of aromatic amines is 1. The Kier molecular flexibility index (Phi) is 4.71. The average molecular weight is 262 g/mol. The van der Waals surface area contributed by atoms with Gasteiger partial charge in [0.15, 0.2) is 18.2 Å². The van der Waals surface area contributed by atoms with Crippen molar-refractivity contribution in [3.05, 3.63) is 47.3 Å². The standard InChI is InChI=1S/C15H19NO3/c1-3-4-5-6-7-8-18-15-13-12(10-19-15)9-16-11(2)14(13)17/h3-6,9,15,17H,7-8,10H2,1-2H3/p+1/b4-3+,6-5+. The molecule has 1 unspecified atom stereocenters. The second-order valence-electron chi connectivity index (χ2n) is 4.46. The maximum atomic E-state index is 10.0. The van der Waals surface area contributed by atoms with Crippen molar-refractivity contribution in [2.24, 2.45) is 0 Å². The van der Waals surface area contributed by atoms with Crippen molar-refractivity contribution in [1.29, 1.82) is 0 Å². The first kappa shape index (κ1) is 13.8. The number of allylic oxidation sites excluding steroid dienone is 3. The molecule has 0 fully saturated rings. The fourth-order valence-corrected chi connectivity index (χ4v) is 1.99. The average Bonchev–Trinajstić information content (AvgIpc) is 2.82. The fourth-order valence-electron chi connectivity index (χ4n) is 1.99. The molecular formula is C15H20NO3+. The van der Waals surface area contributed by atoms with Crippen molar-refractivity contribution >= 4 is 0 Å². The first-order valence-electron chi connectivity index (χ1n) is 6.48. The molecule has 1 aliphatic heterocycles. The van der Waals surface area contributed by atoms with Gasteiger partial charge in [0, 0.05) is 6.92 Å². The van der Waals surface area contributed by atoms with Crippen molar-refractivity contribution in [2.45, 2.75) is 33.2 Å². The topological polar surface area (TPSA) is 52.8 Å². The zero-order valence-electron chi connectivity index (χ0n) is 11.3. The predicted octanol–water partition coefficient (Wildman–Crippen LogP) is 2.58. The molecule has 1 aromatic heterocycles. The first-order valence-corrected chi connectivity index (χ1v) is 6.48. The summed E-state index contributed by atoms with van der Waals surface area (Å²) in [7, 11) is 0. The first-order chi connectivity index (χ1) is 9.24. The second kappa shape index (κ2) is 6.50. The van der Waals surface area contributed by atoms with E-state index in [2.05, 4.69) is 4.98 Å². The Morgan fingerprint density at radius 1 is 1.53 bits per heavy atom. The predicted molar refractivity (Wildman–Crippen MR) is 71.5 cm³/mol. The lowest BCUT2D eigenvalue weighted by Crippen LogP contribution is -2.11. The summed E-state index contributed by atoms with van der Waals surface area (Å²) >= 11 is 0. The van der Waals surface area contributed by atoms with E-state index in [9.17, 15) is 5.11 Å². The van der Waals surface area contributed by atoms with Crippen LogP contribution in [0.5, 0.6) is 5.75 Å². The number of pyridine rings is 1. The van der Waals surface area contributed by atoms with Crippen LogP contribution in [-0.4, -0.2) is 11.7 Å². The van der Waals surface area contributed by atoms with Crippen LogP contribution in [-0.2, 0) is 16.1 Å². The van der Waals surface area contributed by atoms with Gasteiger partial charge < -0.3 is 14.6 Å². The molecular weight excluding hydrogens is 242 g/mol. The van der Waals surface area contributed by atoms with Crippen LogP contribution in [0.3, 0.4) is 0 Å². The number of H-pyrrole nitrogens is 1. The summed E-state index contributed by atoms with van der Waals surface area (Å²) in [5.41, 5.74) is 2.44. The quantitative estimate of drug-likeness (QED) is 0.655. The summed E-state index contributed by atoms with van der Waals surface area (Å²) in [6.45, 7) is 4.84. The summed E-state index contributed by atoms with van der Waals surface area (Å²) in [4.78, 5) is 3.01. The van der Waals surface area contributed by atoms with E-state index in [0.717, 1.165) is 23.2 Å². The van der Waals surface area contributed by atoms with Gasteiger partial charge >= 0.3 is 0 Å². The molecule has 0 amide bonds. The number of aromatic nitrogens is 1. The summed E-state index contributed by atoms with van der Waals surface area (Å²) < 4.78 is 11.2. The van der Waals surface area contributed by atoms with Gasteiger partial charge in [-0.25, -0.2) is 4.98 Å². The summed E-state index contributed by atoms with van der Waals surface area (Å²) in [5, 5.41) is 10.0. The number of ether oxygens (including phenoxy) is 2. The number of fused-ring (bicyclic) bond motifs is 1. The summed E-state index contributed by atoms with van der Waals surface area (Å²) in [6.07, 6.45) is 10.2. The molecule has 19 heavy (non-hydrogen) atoms. The van der Waals surface area contributed by atoms with Crippen molar-refractivity contribution in [3.63, 3.8) is 0 Å². The SMILES string of the molecule is C/C=C/C=C/CCOC1OCc2c[nH+]c(C)c(O)c21. The molecule has 2 rings (SSSR count). The molecule has 0 aliphatic carbocycles. The number of aryl methyl sites for hydroxylation is 1. The van der Waals surface area contributed by atoms with Crippen LogP contribution >= 0.6 is 0 Å². The highest BCUT2D eigenvalue weighted by Gasteiger charge is 2.31. The molecule has 4 heteroatoms. The van der Waals surface area contributed by atoms with Crippen molar-refractivity contribution < 1.29 is 19.6 Å². The number of hydrogen-bond acceptors (Lipinski definition) is 3. The van der Waals surface area contributed by atoms with Gasteiger partial charge in [-0.15, -0.1) is 0 Å². The molecule has 1 aromatic rings. The van der Waals surface area contributed by atoms with Crippen molar-refractivity contribution in [1.82, 2.24) is 0 Å². The van der Waals surface area contributed by atoms with Gasteiger partial charge in [0.1, 0.15) is 0 Å². The van der Waals surface area contributed by atoms with E-state index in [1.165, 1.54) is 0 Å². The van der Waals surface area contributed by atoms with E-state index in [1.807, 2.05) is 44.3 Å². The highest BCUT2D eigenvalue weighted by Crippen LogP contribution is 2.37. The van der Waals surface area contributed by atoms with Crippen LogP contribution in [0.4, 0.5) is 0 Å². The van der Waals surface area contributed by atoms with Crippen LogP contribution in [0, 0.1) is 6.92 Å². The zero-order chi connectivity index (χ0) is 13.7. The van der Waals surface area contributed by atoms with Gasteiger partial charge in [-0.05, 0) is 13.3 Å². The molecule has 0 spiro atoms. The smallest absolute Gasteiger partial charge is 0.219 e. The van der Waals surface area contributed by atoms with Crippen LogP contribution < -0.4 is 4.98 Å². The third kappa shape index (κ3) is 3.22. The van der Waals surface area contributed by atoms with Crippen LogP contribution in [0.15, 0.2) is 30.5 Å². The minimum absolute atomic E-state index is 0.240. The molecule has 2 heterocycles. The third-order valence-electron chi connectivity index (χ3n) is 3.04. The molecule has 4 nitrogen and oxygen atoms in total. The normalized spacial score (nSPS) is 18.5. The third-order valence-corrected chi connectivity index (χ3v) is 3.04. The lowest BCUT2D eigenvalue weighted by atomic mass is 10.1. The van der Waals surface area contributed by atoms with Crippen molar-refractivity contribution in [3.8, 4) is 5.75 Å². The number of rotatable bonds is 5. The number of hydrogen-bond donors (Lipinski definition) is 1. The number of nitrogens with one attached hydrogen (secondary N) is 1. The Balaban J connectivity index is 1.93. The fraction of sp³-hybridized carbons (Fsp3) is 0.400. The van der Waals surface area contributed by atoms with E-state index in [-0.39, 0.29) is 5.75 Å². The molecule has 0 saturated heterocycles. The van der Waals surface area contributed by atoms with E-state index >= 15 is 0 Å². The second-order valence-corrected chi connectivity index (χ2v) is 4.46. The van der Waals surface area contributed by atoms with Crippen LogP contribution in [0.1, 0.15) is 36.5 Å². The molecule has 2 N–H and O–H groups in total. The largest absolute Gasteiger partial charge is 0.502 e. The van der Waals surface area contributed by atoms with Crippen LogP contribution in [0.25, 0.3) is 0 Å². The number of aromatic hydroxyl groups is 1. The highest BCUT2D eigenvalue weighted by atomic mass is 16.7. The summed E-state index contributed by atoms with van der Waals surface area (Å²) in [6, 6.07) is 0. The van der Waals surface area contributed by atoms with Crippen LogP contribution in [0.2, 0.25) is 0 Å². The molecule has 0 aromatic carbocycles. The van der Waals surface area contributed by atoms with Gasteiger partial charge in [0.25, 0.3) is 0 Å². The van der Waals surface area contributed by atoms with E-state index in [4.69, 9.17) is 9.47 Å². The van der Waals surface area contributed by atoms with E-state index < -0.39 is 6.29 Å². The van der Waals surface area contributed by atoms with Gasteiger partial charge in [0.2, 0.25) is 5.69 Å². The summed E-state index contributed by atoms with van der Waals surface area (Å²) in [5.74, 6) is 0.240. The Bertz CT molecular complexity index is 494. The molecule has 1 aliphatic rings. The molecule has 102 valence electrons. The Morgan fingerprint density at radius 2 is 2.37 bits per heavy atom. The van der Waals surface area contributed by atoms with Gasteiger partial charge in [0.05, 0.1) is 24.3 Å². The van der Waals surface area contributed by atoms with E-state index in [0.29, 0.717) is 13.2 Å².